The number of hydrogen-bond donors (Lipinski definition) is 1. The lowest BCUT2D eigenvalue weighted by Gasteiger charge is -2.36. The van der Waals surface area contributed by atoms with Crippen LogP contribution in [0.5, 0.6) is 0 Å². The average molecular weight is 381 g/mol. The van der Waals surface area contributed by atoms with E-state index in [2.05, 4.69) is 35.9 Å². The first-order valence-corrected chi connectivity index (χ1v) is 8.30. The second-order valence-corrected chi connectivity index (χ2v) is 6.49. The Morgan fingerprint density at radius 2 is 2.00 bits per heavy atom. The highest BCUT2D eigenvalue weighted by Crippen LogP contribution is 2.23. The van der Waals surface area contributed by atoms with Gasteiger partial charge < -0.3 is 4.90 Å². The van der Waals surface area contributed by atoms with Crippen LogP contribution in [0, 0.1) is 12.7 Å². The van der Waals surface area contributed by atoms with Crippen molar-refractivity contribution >= 4 is 21.6 Å². The van der Waals surface area contributed by atoms with E-state index in [0.717, 1.165) is 49.5 Å². The van der Waals surface area contributed by atoms with E-state index in [9.17, 15) is 9.18 Å². The van der Waals surface area contributed by atoms with Crippen LogP contribution in [0.15, 0.2) is 33.7 Å². The lowest BCUT2D eigenvalue weighted by Crippen LogP contribution is -2.46. The number of aromatic amines is 1. The number of nitrogens with zero attached hydrogens (tertiary/aromatic N) is 3. The molecule has 5 nitrogen and oxygen atoms in total. The molecule has 0 spiro atoms. The third kappa shape index (κ3) is 3.79. The molecule has 1 N–H and O–H groups in total. The molecule has 2 aromatic rings. The molecule has 0 atom stereocenters. The number of anilines is 1. The highest BCUT2D eigenvalue weighted by molar-refractivity contribution is 9.10. The molecule has 0 amide bonds. The zero-order chi connectivity index (χ0) is 16.4. The SMILES string of the molecule is Cc1cc(F)ccc1CN1CCN(c2cc(=O)[nH]nc2Br)CC1. The number of nitrogens with one attached hydrogen (secondary N) is 1. The van der Waals surface area contributed by atoms with Crippen molar-refractivity contribution in [3.05, 3.63) is 56.2 Å². The molecule has 0 unspecified atom stereocenters. The number of H-pyrrole nitrogens is 1. The fourth-order valence-corrected chi connectivity index (χ4v) is 3.28. The van der Waals surface area contributed by atoms with Crippen LogP contribution in [0.1, 0.15) is 11.1 Å². The molecule has 2 heterocycles. The number of rotatable bonds is 3. The summed E-state index contributed by atoms with van der Waals surface area (Å²) < 4.78 is 13.8. The average Bonchev–Trinajstić information content (AvgIpc) is 2.53. The van der Waals surface area contributed by atoms with Gasteiger partial charge in [0.05, 0.1) is 5.69 Å². The summed E-state index contributed by atoms with van der Waals surface area (Å²) in [7, 11) is 0. The van der Waals surface area contributed by atoms with Crippen molar-refractivity contribution in [2.45, 2.75) is 13.5 Å². The van der Waals surface area contributed by atoms with Crippen molar-refractivity contribution in [2.24, 2.45) is 0 Å². The Morgan fingerprint density at radius 3 is 2.70 bits per heavy atom. The summed E-state index contributed by atoms with van der Waals surface area (Å²) in [6, 6.07) is 6.51. The van der Waals surface area contributed by atoms with Gasteiger partial charge in [0.1, 0.15) is 10.4 Å². The lowest BCUT2D eigenvalue weighted by atomic mass is 10.1. The van der Waals surface area contributed by atoms with Crippen LogP contribution >= 0.6 is 15.9 Å². The molecule has 0 saturated carbocycles. The van der Waals surface area contributed by atoms with Gasteiger partial charge >= 0.3 is 0 Å². The molecule has 7 heteroatoms. The maximum atomic E-state index is 13.2. The van der Waals surface area contributed by atoms with Crippen LogP contribution in [0.2, 0.25) is 0 Å². The van der Waals surface area contributed by atoms with Crippen LogP contribution in [0.3, 0.4) is 0 Å². The van der Waals surface area contributed by atoms with Crippen LogP contribution < -0.4 is 10.5 Å². The molecular weight excluding hydrogens is 363 g/mol. The summed E-state index contributed by atoms with van der Waals surface area (Å²) in [4.78, 5) is 15.9. The Kier molecular flexibility index (Phi) is 4.77. The topological polar surface area (TPSA) is 52.2 Å². The van der Waals surface area contributed by atoms with Gasteiger partial charge in [0, 0.05) is 38.8 Å². The summed E-state index contributed by atoms with van der Waals surface area (Å²) in [6.07, 6.45) is 0. The molecule has 1 saturated heterocycles. The zero-order valence-corrected chi connectivity index (χ0v) is 14.4. The number of piperazine rings is 1. The van der Waals surface area contributed by atoms with Crippen molar-refractivity contribution in [1.29, 1.82) is 0 Å². The second-order valence-electron chi connectivity index (χ2n) is 5.74. The third-order valence-electron chi connectivity index (χ3n) is 4.15. The molecule has 3 rings (SSSR count). The monoisotopic (exact) mass is 380 g/mol. The second kappa shape index (κ2) is 6.80. The summed E-state index contributed by atoms with van der Waals surface area (Å²) >= 11 is 3.38. The quantitative estimate of drug-likeness (QED) is 0.887. The molecule has 0 bridgehead atoms. The van der Waals surface area contributed by atoms with Gasteiger partial charge in [0.25, 0.3) is 5.56 Å². The molecule has 1 aromatic heterocycles. The molecule has 23 heavy (non-hydrogen) atoms. The molecular formula is C16H18BrFN4O. The predicted molar refractivity (Wildman–Crippen MR) is 91.2 cm³/mol. The number of halogens is 2. The fourth-order valence-electron chi connectivity index (χ4n) is 2.82. The summed E-state index contributed by atoms with van der Waals surface area (Å²) in [6.45, 7) is 6.17. The zero-order valence-electron chi connectivity index (χ0n) is 12.9. The Balaban J connectivity index is 1.64. The van der Waals surface area contributed by atoms with Crippen LogP contribution in [-0.2, 0) is 6.54 Å². The van der Waals surface area contributed by atoms with Gasteiger partial charge in [-0.2, -0.15) is 5.10 Å². The molecule has 1 aromatic carbocycles. The first-order valence-electron chi connectivity index (χ1n) is 7.50. The van der Waals surface area contributed by atoms with Gasteiger partial charge in [-0.1, -0.05) is 6.07 Å². The van der Waals surface area contributed by atoms with Gasteiger partial charge in [-0.15, -0.1) is 0 Å². The van der Waals surface area contributed by atoms with E-state index in [1.165, 1.54) is 6.07 Å². The Hall–Kier alpha value is -1.73. The van der Waals surface area contributed by atoms with E-state index in [1.807, 2.05) is 13.0 Å². The van der Waals surface area contributed by atoms with Crippen molar-refractivity contribution < 1.29 is 4.39 Å². The van der Waals surface area contributed by atoms with Crippen LogP contribution in [-0.4, -0.2) is 41.3 Å². The van der Waals surface area contributed by atoms with Crippen LogP contribution in [0.4, 0.5) is 10.1 Å². The third-order valence-corrected chi connectivity index (χ3v) is 4.74. The van der Waals surface area contributed by atoms with E-state index in [4.69, 9.17) is 0 Å². The van der Waals surface area contributed by atoms with E-state index < -0.39 is 0 Å². The summed E-state index contributed by atoms with van der Waals surface area (Å²) in [5, 5.41) is 6.36. The first kappa shape index (κ1) is 16.1. The number of hydrogen-bond acceptors (Lipinski definition) is 4. The van der Waals surface area contributed by atoms with Gasteiger partial charge in [-0.25, -0.2) is 9.49 Å². The lowest BCUT2D eigenvalue weighted by molar-refractivity contribution is 0.249. The smallest absolute Gasteiger partial charge is 0.266 e. The van der Waals surface area contributed by atoms with E-state index >= 15 is 0 Å². The Labute approximate surface area is 142 Å². The standard InChI is InChI=1S/C16H18BrFN4O/c1-11-8-13(18)3-2-12(11)10-21-4-6-22(7-5-21)14-9-15(23)19-20-16(14)17/h2-3,8-9H,4-7,10H2,1H3,(H,19,23). The summed E-state index contributed by atoms with van der Waals surface area (Å²) in [5.41, 5.74) is 2.76. The molecule has 0 radical (unpaired) electrons. The predicted octanol–water partition coefficient (Wildman–Crippen LogP) is 2.30. The van der Waals surface area contributed by atoms with E-state index in [0.29, 0.717) is 4.60 Å². The van der Waals surface area contributed by atoms with Gasteiger partial charge in [0.15, 0.2) is 0 Å². The first-order chi connectivity index (χ1) is 11.0. The maximum Gasteiger partial charge on any atom is 0.266 e. The van der Waals surface area contributed by atoms with Crippen molar-refractivity contribution in [1.82, 2.24) is 15.1 Å². The highest BCUT2D eigenvalue weighted by atomic mass is 79.9. The number of benzene rings is 1. The minimum absolute atomic E-state index is 0.192. The summed E-state index contributed by atoms with van der Waals surface area (Å²) in [5.74, 6) is -0.192. The molecule has 0 aliphatic carbocycles. The fraction of sp³-hybridized carbons (Fsp3) is 0.375. The maximum absolute atomic E-state index is 13.2. The van der Waals surface area contributed by atoms with Crippen molar-refractivity contribution in [3.8, 4) is 0 Å². The van der Waals surface area contributed by atoms with Gasteiger partial charge in [-0.3, -0.25) is 9.69 Å². The minimum atomic E-state index is -0.201. The van der Waals surface area contributed by atoms with E-state index in [-0.39, 0.29) is 11.4 Å². The molecule has 1 aliphatic rings. The van der Waals surface area contributed by atoms with Crippen molar-refractivity contribution in [3.63, 3.8) is 0 Å². The Bertz CT molecular complexity index is 756. The minimum Gasteiger partial charge on any atom is -0.367 e. The molecule has 1 aliphatic heterocycles. The molecule has 122 valence electrons. The normalized spacial score (nSPS) is 15.9. The molecule has 1 fully saturated rings. The van der Waals surface area contributed by atoms with Crippen molar-refractivity contribution in [2.75, 3.05) is 31.1 Å². The number of aryl methyl sites for hydroxylation is 1. The van der Waals surface area contributed by atoms with Gasteiger partial charge in [-0.05, 0) is 46.1 Å². The number of aromatic nitrogens is 2. The van der Waals surface area contributed by atoms with Crippen LogP contribution in [0.25, 0.3) is 0 Å². The highest BCUT2D eigenvalue weighted by Gasteiger charge is 2.20. The Morgan fingerprint density at radius 1 is 1.26 bits per heavy atom. The van der Waals surface area contributed by atoms with Gasteiger partial charge in [0.2, 0.25) is 0 Å². The largest absolute Gasteiger partial charge is 0.367 e. The van der Waals surface area contributed by atoms with E-state index in [1.54, 1.807) is 12.1 Å².